The van der Waals surface area contributed by atoms with Crippen molar-refractivity contribution < 1.29 is 14.3 Å². The van der Waals surface area contributed by atoms with Gasteiger partial charge in [0.05, 0.1) is 0 Å². The van der Waals surface area contributed by atoms with Crippen LogP contribution in [0.1, 0.15) is 0 Å². The van der Waals surface area contributed by atoms with Crippen LogP contribution in [-0.4, -0.2) is 24.1 Å². The Balaban J connectivity index is 2.13. The molecule has 0 bridgehead atoms. The highest BCUT2D eigenvalue weighted by molar-refractivity contribution is 6.11. The fraction of sp³-hybridized carbons (Fsp3) is 0.200. The van der Waals surface area contributed by atoms with E-state index in [2.05, 4.69) is 10.6 Å². The monoisotopic (exact) mass is 204 g/mol. The van der Waals surface area contributed by atoms with Crippen molar-refractivity contribution in [3.05, 3.63) is 35.6 Å². The summed E-state index contributed by atoms with van der Waals surface area (Å²) in [5.41, 5.74) is -0.342. The molecule has 2 heterocycles. The average molecular weight is 204 g/mol. The Morgan fingerprint density at radius 3 is 3.00 bits per heavy atom. The summed E-state index contributed by atoms with van der Waals surface area (Å²) in [6, 6.07) is -0.473. The number of nitrogens with one attached hydrogen (secondary N) is 2. The number of allylic oxidation sites excluding steroid dienone is 2. The van der Waals surface area contributed by atoms with E-state index in [4.69, 9.17) is 4.74 Å². The fourth-order valence-corrected chi connectivity index (χ4v) is 2.03. The van der Waals surface area contributed by atoms with Crippen LogP contribution in [0.3, 0.4) is 0 Å². The zero-order valence-corrected chi connectivity index (χ0v) is 7.74. The van der Waals surface area contributed by atoms with Crippen molar-refractivity contribution in [1.29, 1.82) is 0 Å². The molecule has 0 aromatic rings. The predicted molar refractivity (Wildman–Crippen MR) is 50.7 cm³/mol. The molecule has 1 saturated heterocycles. The highest BCUT2D eigenvalue weighted by Gasteiger charge is 2.50. The van der Waals surface area contributed by atoms with Gasteiger partial charge in [0.25, 0.3) is 5.91 Å². The number of hydrogen-bond acceptors (Lipinski definition) is 3. The lowest BCUT2D eigenvalue weighted by atomic mass is 9.85. The third-order valence-electron chi connectivity index (χ3n) is 2.71. The second kappa shape index (κ2) is 2.50. The molecule has 1 aliphatic carbocycles. The molecule has 3 aliphatic rings. The van der Waals surface area contributed by atoms with Crippen molar-refractivity contribution in [3.8, 4) is 0 Å². The number of fused-ring (bicyclic) bond motifs is 2. The zero-order valence-electron chi connectivity index (χ0n) is 7.74. The van der Waals surface area contributed by atoms with E-state index in [0.29, 0.717) is 17.9 Å². The first kappa shape index (κ1) is 8.28. The Morgan fingerprint density at radius 2 is 2.27 bits per heavy atom. The molecule has 5 heteroatoms. The van der Waals surface area contributed by atoms with Gasteiger partial charge in [0.1, 0.15) is 12.4 Å². The maximum atomic E-state index is 11.7. The Kier molecular flexibility index (Phi) is 1.38. The second-order valence-corrected chi connectivity index (χ2v) is 3.54. The van der Waals surface area contributed by atoms with Crippen LogP contribution in [0, 0.1) is 0 Å². The number of urea groups is 1. The second-order valence-electron chi connectivity index (χ2n) is 3.54. The first-order valence-corrected chi connectivity index (χ1v) is 4.59. The lowest BCUT2D eigenvalue weighted by Crippen LogP contribution is -2.47. The van der Waals surface area contributed by atoms with Gasteiger partial charge < -0.3 is 10.1 Å². The quantitative estimate of drug-likeness (QED) is 0.545. The lowest BCUT2D eigenvalue weighted by Gasteiger charge is -2.26. The summed E-state index contributed by atoms with van der Waals surface area (Å²) in [7, 11) is 0. The fourth-order valence-electron chi connectivity index (χ4n) is 2.03. The van der Waals surface area contributed by atoms with E-state index in [0.717, 1.165) is 0 Å². The van der Waals surface area contributed by atoms with E-state index in [9.17, 15) is 9.59 Å². The molecule has 76 valence electrons. The van der Waals surface area contributed by atoms with Crippen LogP contribution in [0.5, 0.6) is 0 Å². The van der Waals surface area contributed by atoms with Crippen molar-refractivity contribution in [2.24, 2.45) is 0 Å². The molecular weight excluding hydrogens is 196 g/mol. The summed E-state index contributed by atoms with van der Waals surface area (Å²) in [6.45, 7) is 0.438. The van der Waals surface area contributed by atoms with Crippen molar-refractivity contribution >= 4 is 11.9 Å². The Hall–Kier alpha value is -2.04. The van der Waals surface area contributed by atoms with E-state index in [1.165, 1.54) is 0 Å². The molecular formula is C10H8N2O3. The molecule has 3 rings (SSSR count). The van der Waals surface area contributed by atoms with Crippen LogP contribution in [0.2, 0.25) is 0 Å². The Morgan fingerprint density at radius 1 is 1.40 bits per heavy atom. The third kappa shape index (κ3) is 0.918. The SMILES string of the molecule is O=C1NC(=O)C2(C=CC=C3OCC=C32)N1. The van der Waals surface area contributed by atoms with Crippen molar-refractivity contribution in [3.63, 3.8) is 0 Å². The van der Waals surface area contributed by atoms with E-state index in [1.54, 1.807) is 24.3 Å². The van der Waals surface area contributed by atoms with Gasteiger partial charge in [-0.25, -0.2) is 4.79 Å². The van der Waals surface area contributed by atoms with Crippen LogP contribution in [-0.2, 0) is 9.53 Å². The third-order valence-corrected chi connectivity index (χ3v) is 2.71. The molecule has 5 nitrogen and oxygen atoms in total. The van der Waals surface area contributed by atoms with Gasteiger partial charge in [-0.3, -0.25) is 10.1 Å². The summed E-state index contributed by atoms with van der Waals surface area (Å²) in [5.74, 6) is 0.293. The van der Waals surface area contributed by atoms with Gasteiger partial charge in [0.2, 0.25) is 0 Å². The molecule has 0 aromatic carbocycles. The average Bonchev–Trinajstić information content (AvgIpc) is 2.74. The molecule has 0 aromatic heterocycles. The van der Waals surface area contributed by atoms with Gasteiger partial charge in [-0.15, -0.1) is 0 Å². The van der Waals surface area contributed by atoms with Crippen LogP contribution >= 0.6 is 0 Å². The number of carbonyl (C=O) groups is 2. The Labute approximate surface area is 85.5 Å². The van der Waals surface area contributed by atoms with Crippen molar-refractivity contribution in [2.45, 2.75) is 5.54 Å². The van der Waals surface area contributed by atoms with Crippen LogP contribution in [0.15, 0.2) is 35.6 Å². The first-order valence-electron chi connectivity index (χ1n) is 4.59. The summed E-state index contributed by atoms with van der Waals surface area (Å²) in [6.07, 6.45) is 6.96. The van der Waals surface area contributed by atoms with Crippen molar-refractivity contribution in [1.82, 2.24) is 10.6 Å². The molecule has 1 spiro atoms. The summed E-state index contributed by atoms with van der Waals surface area (Å²) >= 11 is 0. The summed E-state index contributed by atoms with van der Waals surface area (Å²) in [5, 5.41) is 4.84. The zero-order chi connectivity index (χ0) is 10.5. The molecule has 1 unspecified atom stereocenters. The predicted octanol–water partition coefficient (Wildman–Crippen LogP) is -0.0251. The van der Waals surface area contributed by atoms with Gasteiger partial charge in [0.15, 0.2) is 5.54 Å². The van der Waals surface area contributed by atoms with Crippen LogP contribution in [0.4, 0.5) is 4.79 Å². The number of ether oxygens (including phenoxy) is 1. The minimum absolute atomic E-state index is 0.355. The van der Waals surface area contributed by atoms with Crippen molar-refractivity contribution in [2.75, 3.05) is 6.61 Å². The standard InChI is InChI=1S/C10H8N2O3/c13-8-10(12-9(14)11-8)4-1-2-7-6(10)3-5-15-7/h1-4H,5H2,(H2,11,12,13,14). The minimum atomic E-state index is -1.06. The largest absolute Gasteiger partial charge is 0.489 e. The number of rotatable bonds is 0. The van der Waals surface area contributed by atoms with E-state index in [1.807, 2.05) is 0 Å². The molecule has 2 aliphatic heterocycles. The van der Waals surface area contributed by atoms with Gasteiger partial charge >= 0.3 is 6.03 Å². The highest BCUT2D eigenvalue weighted by Crippen LogP contribution is 2.35. The number of carbonyl (C=O) groups excluding carboxylic acids is 2. The topological polar surface area (TPSA) is 67.4 Å². The maximum absolute atomic E-state index is 11.7. The first-order chi connectivity index (χ1) is 7.22. The Bertz CT molecular complexity index is 461. The van der Waals surface area contributed by atoms with E-state index in [-0.39, 0.29) is 5.91 Å². The summed E-state index contributed by atoms with van der Waals surface area (Å²) < 4.78 is 5.31. The lowest BCUT2D eigenvalue weighted by molar-refractivity contribution is -0.121. The van der Waals surface area contributed by atoms with E-state index >= 15 is 0 Å². The van der Waals surface area contributed by atoms with Crippen LogP contribution in [0.25, 0.3) is 0 Å². The smallest absolute Gasteiger partial charge is 0.322 e. The van der Waals surface area contributed by atoms with Gasteiger partial charge in [-0.05, 0) is 18.2 Å². The molecule has 3 amide bonds. The molecule has 2 N–H and O–H groups in total. The van der Waals surface area contributed by atoms with Gasteiger partial charge in [-0.1, -0.05) is 6.08 Å². The highest BCUT2D eigenvalue weighted by atomic mass is 16.5. The van der Waals surface area contributed by atoms with Crippen LogP contribution < -0.4 is 10.6 Å². The van der Waals surface area contributed by atoms with Gasteiger partial charge in [-0.2, -0.15) is 0 Å². The summed E-state index contributed by atoms with van der Waals surface area (Å²) in [4.78, 5) is 22.9. The molecule has 1 atom stereocenters. The molecule has 1 fully saturated rings. The van der Waals surface area contributed by atoms with E-state index < -0.39 is 11.6 Å². The number of imide groups is 1. The minimum Gasteiger partial charge on any atom is -0.489 e. The van der Waals surface area contributed by atoms with Gasteiger partial charge in [0, 0.05) is 5.57 Å². The molecule has 0 saturated carbocycles. The normalized spacial score (nSPS) is 31.7. The maximum Gasteiger partial charge on any atom is 0.322 e. The number of amides is 3. The number of hydrogen-bond donors (Lipinski definition) is 2. The molecule has 0 radical (unpaired) electrons. The molecule has 15 heavy (non-hydrogen) atoms.